The number of hydrogen-bond acceptors (Lipinski definition) is 4. The normalized spacial score (nSPS) is 10.4. The largest absolute Gasteiger partial charge is 0.354 e. The molecule has 0 aliphatic heterocycles. The fraction of sp³-hybridized carbons (Fsp3) is 0.190. The minimum absolute atomic E-state index is 0.198. The van der Waals surface area contributed by atoms with Gasteiger partial charge in [0.05, 0.1) is 11.9 Å². The second-order valence-electron chi connectivity index (χ2n) is 6.37. The van der Waals surface area contributed by atoms with Gasteiger partial charge in [0.25, 0.3) is 5.91 Å². The zero-order valence-electron chi connectivity index (χ0n) is 15.2. The molecule has 0 atom stereocenters. The van der Waals surface area contributed by atoms with Crippen LogP contribution < -0.4 is 10.6 Å². The predicted octanol–water partition coefficient (Wildman–Crippen LogP) is 4.08. The van der Waals surface area contributed by atoms with Crippen molar-refractivity contribution in [3.05, 3.63) is 82.9 Å². The van der Waals surface area contributed by atoms with E-state index in [1.54, 1.807) is 24.7 Å². The van der Waals surface area contributed by atoms with Crippen LogP contribution in [-0.2, 0) is 6.54 Å². The van der Waals surface area contributed by atoms with Gasteiger partial charge >= 0.3 is 0 Å². The first-order valence-corrected chi connectivity index (χ1v) is 8.51. The topological polar surface area (TPSA) is 66.9 Å². The van der Waals surface area contributed by atoms with Crippen LogP contribution in [0.3, 0.4) is 0 Å². The van der Waals surface area contributed by atoms with Gasteiger partial charge in [-0.2, -0.15) is 0 Å². The van der Waals surface area contributed by atoms with E-state index in [9.17, 15) is 4.79 Å². The molecular formula is C21H22N4O. The first-order valence-electron chi connectivity index (χ1n) is 8.51. The number of carbonyl (C=O) groups is 1. The molecule has 0 unspecified atom stereocenters. The van der Waals surface area contributed by atoms with E-state index in [4.69, 9.17) is 0 Å². The second kappa shape index (κ2) is 7.78. The Labute approximate surface area is 153 Å². The molecule has 0 bridgehead atoms. The summed E-state index contributed by atoms with van der Waals surface area (Å²) in [5.74, 6) is -0.198. The number of rotatable bonds is 5. The lowest BCUT2D eigenvalue weighted by Gasteiger charge is -2.14. The molecular weight excluding hydrogens is 324 g/mol. The molecule has 1 amide bonds. The van der Waals surface area contributed by atoms with Crippen molar-refractivity contribution in [2.24, 2.45) is 0 Å². The Bertz CT molecular complexity index is 882. The number of aryl methyl sites for hydroxylation is 3. The van der Waals surface area contributed by atoms with Crippen molar-refractivity contribution in [2.45, 2.75) is 27.3 Å². The summed E-state index contributed by atoms with van der Waals surface area (Å²) in [6.07, 6.45) is 5.09. The molecule has 0 fully saturated rings. The predicted molar refractivity (Wildman–Crippen MR) is 104 cm³/mol. The summed E-state index contributed by atoms with van der Waals surface area (Å²) in [6.45, 7) is 6.70. The average molecular weight is 346 g/mol. The molecule has 1 aromatic carbocycles. The molecule has 26 heavy (non-hydrogen) atoms. The molecule has 3 rings (SSSR count). The Hall–Kier alpha value is -3.21. The number of carbonyl (C=O) groups excluding carboxylic acids is 1. The molecule has 0 saturated carbocycles. The van der Waals surface area contributed by atoms with Gasteiger partial charge in [-0.05, 0) is 61.7 Å². The third-order valence-corrected chi connectivity index (χ3v) is 4.14. The highest BCUT2D eigenvalue weighted by Crippen LogP contribution is 2.25. The van der Waals surface area contributed by atoms with Crippen LogP contribution in [0.2, 0.25) is 0 Å². The molecule has 5 nitrogen and oxygen atoms in total. The third kappa shape index (κ3) is 4.25. The van der Waals surface area contributed by atoms with Crippen LogP contribution in [0.25, 0.3) is 0 Å². The molecule has 0 aliphatic rings. The SMILES string of the molecule is Cc1cc(C)c(Nc2ccc(C(=O)NCc3ccncc3)nc2)c(C)c1. The van der Waals surface area contributed by atoms with E-state index in [0.29, 0.717) is 12.2 Å². The maximum atomic E-state index is 12.2. The molecule has 2 aromatic heterocycles. The quantitative estimate of drug-likeness (QED) is 0.731. The van der Waals surface area contributed by atoms with Crippen LogP contribution in [0.1, 0.15) is 32.7 Å². The number of nitrogens with one attached hydrogen (secondary N) is 2. The van der Waals surface area contributed by atoms with Gasteiger partial charge in [0.2, 0.25) is 0 Å². The Morgan fingerprint density at radius 2 is 1.69 bits per heavy atom. The molecule has 0 radical (unpaired) electrons. The van der Waals surface area contributed by atoms with Gasteiger partial charge in [-0.1, -0.05) is 17.7 Å². The van der Waals surface area contributed by atoms with E-state index in [0.717, 1.165) is 16.9 Å². The van der Waals surface area contributed by atoms with Crippen LogP contribution >= 0.6 is 0 Å². The number of hydrogen-bond donors (Lipinski definition) is 2. The number of pyridine rings is 2. The van der Waals surface area contributed by atoms with Crippen LogP contribution in [0.5, 0.6) is 0 Å². The highest BCUT2D eigenvalue weighted by molar-refractivity contribution is 5.92. The zero-order chi connectivity index (χ0) is 18.5. The highest BCUT2D eigenvalue weighted by atomic mass is 16.1. The second-order valence-corrected chi connectivity index (χ2v) is 6.37. The number of nitrogens with zero attached hydrogens (tertiary/aromatic N) is 2. The highest BCUT2D eigenvalue weighted by Gasteiger charge is 2.08. The monoisotopic (exact) mass is 346 g/mol. The number of benzene rings is 1. The maximum absolute atomic E-state index is 12.2. The van der Waals surface area contributed by atoms with Crippen LogP contribution in [-0.4, -0.2) is 15.9 Å². The molecule has 5 heteroatoms. The summed E-state index contributed by atoms with van der Waals surface area (Å²) in [5.41, 5.74) is 6.92. The van der Waals surface area contributed by atoms with Crippen molar-refractivity contribution in [2.75, 3.05) is 5.32 Å². The average Bonchev–Trinajstić information content (AvgIpc) is 2.64. The maximum Gasteiger partial charge on any atom is 0.270 e. The minimum atomic E-state index is -0.198. The fourth-order valence-electron chi connectivity index (χ4n) is 2.90. The van der Waals surface area contributed by atoms with Crippen molar-refractivity contribution >= 4 is 17.3 Å². The number of aromatic nitrogens is 2. The summed E-state index contributed by atoms with van der Waals surface area (Å²) in [4.78, 5) is 20.5. The minimum Gasteiger partial charge on any atom is -0.354 e. The van der Waals surface area contributed by atoms with Crippen molar-refractivity contribution in [1.82, 2.24) is 15.3 Å². The summed E-state index contributed by atoms with van der Waals surface area (Å²) >= 11 is 0. The van der Waals surface area contributed by atoms with Gasteiger partial charge in [-0.15, -0.1) is 0 Å². The zero-order valence-corrected chi connectivity index (χ0v) is 15.2. The van der Waals surface area contributed by atoms with E-state index < -0.39 is 0 Å². The fourth-order valence-corrected chi connectivity index (χ4v) is 2.90. The van der Waals surface area contributed by atoms with Crippen molar-refractivity contribution in [3.8, 4) is 0 Å². The molecule has 132 valence electrons. The van der Waals surface area contributed by atoms with Crippen LogP contribution in [0.15, 0.2) is 55.0 Å². The summed E-state index contributed by atoms with van der Waals surface area (Å²) in [6, 6.07) is 11.6. The lowest BCUT2D eigenvalue weighted by Crippen LogP contribution is -2.23. The van der Waals surface area contributed by atoms with Gasteiger partial charge < -0.3 is 10.6 Å². The van der Waals surface area contributed by atoms with Gasteiger partial charge in [0.1, 0.15) is 5.69 Å². The molecule has 3 aromatic rings. The lowest BCUT2D eigenvalue weighted by molar-refractivity contribution is 0.0946. The molecule has 2 heterocycles. The van der Waals surface area contributed by atoms with E-state index in [1.165, 1.54) is 16.7 Å². The van der Waals surface area contributed by atoms with Gasteiger partial charge in [-0.25, -0.2) is 4.98 Å². The summed E-state index contributed by atoms with van der Waals surface area (Å²) in [7, 11) is 0. The Balaban J connectivity index is 1.66. The van der Waals surface area contributed by atoms with Gasteiger partial charge in [-0.3, -0.25) is 9.78 Å². The smallest absolute Gasteiger partial charge is 0.270 e. The van der Waals surface area contributed by atoms with Crippen molar-refractivity contribution < 1.29 is 4.79 Å². The Morgan fingerprint density at radius 3 is 2.31 bits per heavy atom. The van der Waals surface area contributed by atoms with Crippen molar-refractivity contribution in [3.63, 3.8) is 0 Å². The van der Waals surface area contributed by atoms with E-state index in [1.807, 2.05) is 18.2 Å². The Morgan fingerprint density at radius 1 is 1.00 bits per heavy atom. The number of amides is 1. The Kier molecular flexibility index (Phi) is 5.27. The third-order valence-electron chi connectivity index (χ3n) is 4.14. The van der Waals surface area contributed by atoms with Gasteiger partial charge in [0.15, 0.2) is 0 Å². The summed E-state index contributed by atoms with van der Waals surface area (Å²) < 4.78 is 0. The van der Waals surface area contributed by atoms with Crippen molar-refractivity contribution in [1.29, 1.82) is 0 Å². The van der Waals surface area contributed by atoms with Gasteiger partial charge in [0, 0.05) is 24.6 Å². The van der Waals surface area contributed by atoms with Crippen LogP contribution in [0, 0.1) is 20.8 Å². The molecule has 0 saturated heterocycles. The molecule has 2 N–H and O–H groups in total. The molecule has 0 aliphatic carbocycles. The molecule has 0 spiro atoms. The van der Waals surface area contributed by atoms with E-state index >= 15 is 0 Å². The standard InChI is InChI=1S/C21H22N4O/c1-14-10-15(2)20(16(3)11-14)25-18-4-5-19(23-13-18)21(26)24-12-17-6-8-22-9-7-17/h4-11,13,25H,12H2,1-3H3,(H,24,26). The van der Waals surface area contributed by atoms with Crippen LogP contribution in [0.4, 0.5) is 11.4 Å². The number of anilines is 2. The summed E-state index contributed by atoms with van der Waals surface area (Å²) in [5, 5.41) is 6.25. The van der Waals surface area contributed by atoms with E-state index in [-0.39, 0.29) is 5.91 Å². The lowest BCUT2D eigenvalue weighted by atomic mass is 10.0. The first kappa shape index (κ1) is 17.6. The first-order chi connectivity index (χ1) is 12.5. The van der Waals surface area contributed by atoms with E-state index in [2.05, 4.69) is 53.5 Å².